The van der Waals surface area contributed by atoms with Crippen molar-refractivity contribution >= 4 is 0 Å². The topological polar surface area (TPSA) is 149 Å². The highest BCUT2D eigenvalue weighted by atomic mass is 18.2. The monoisotopic (exact) mass is 341 g/mol. The van der Waals surface area contributed by atoms with Crippen molar-refractivity contribution in [3.05, 3.63) is 0 Å². The van der Waals surface area contributed by atoms with Gasteiger partial charge in [0.25, 0.3) is 0 Å². The Bertz CT molecular complexity index is 382. The summed E-state index contributed by atoms with van der Waals surface area (Å²) >= 11 is 0. The summed E-state index contributed by atoms with van der Waals surface area (Å²) in [4.78, 5) is 0. The second kappa shape index (κ2) is 7.64. The molecule has 9 nitrogen and oxygen atoms in total. The van der Waals surface area contributed by atoms with E-state index in [4.69, 9.17) is 19.3 Å². The quantitative estimate of drug-likeness (QED) is 0.308. The predicted molar refractivity (Wildman–Crippen MR) is 71.0 cm³/mol. The van der Waals surface area contributed by atoms with Crippen molar-refractivity contribution in [2.45, 2.75) is 68.1 Å². The lowest BCUT2D eigenvalue weighted by Crippen LogP contribution is -2.64. The fraction of sp³-hybridized carbons (Fsp3) is 1.00. The highest BCUT2D eigenvalue weighted by Gasteiger charge is 2.49. The van der Waals surface area contributed by atoms with E-state index in [9.17, 15) is 29.9 Å². The molecule has 10 atom stereocenters. The van der Waals surface area contributed by atoms with Crippen LogP contribution >= 0.6 is 0 Å². The van der Waals surface area contributed by atoms with Crippen LogP contribution in [0.5, 0.6) is 0 Å². The van der Waals surface area contributed by atoms with Gasteiger partial charge in [0, 0.05) is 0 Å². The average Bonchev–Trinajstić information content (AvgIpc) is 2.55. The highest BCUT2D eigenvalue weighted by Crippen LogP contribution is 2.29. The minimum atomic E-state index is -1.70. The van der Waals surface area contributed by atoms with Crippen LogP contribution in [-0.2, 0) is 14.2 Å². The van der Waals surface area contributed by atoms with Gasteiger partial charge in [0.15, 0.2) is 6.29 Å². The third-order valence-corrected chi connectivity index (χ3v) is 4.22. The summed E-state index contributed by atoms with van der Waals surface area (Å²) in [6.07, 6.45) is -13.9. The molecular formula is C13H23FO9. The predicted octanol–water partition coefficient (Wildman–Crippen LogP) is -3.35. The molecule has 0 saturated carbocycles. The van der Waals surface area contributed by atoms with Gasteiger partial charge >= 0.3 is 0 Å². The molecule has 0 aromatic rings. The molecule has 0 aromatic carbocycles. The van der Waals surface area contributed by atoms with Crippen LogP contribution in [0.4, 0.5) is 4.39 Å². The van der Waals surface area contributed by atoms with Crippen molar-refractivity contribution in [1.82, 2.24) is 0 Å². The third kappa shape index (κ3) is 3.65. The summed E-state index contributed by atoms with van der Waals surface area (Å²) < 4.78 is 28.7. The van der Waals surface area contributed by atoms with Gasteiger partial charge in [0.05, 0.1) is 12.7 Å². The first-order chi connectivity index (χ1) is 10.8. The lowest BCUT2D eigenvalue weighted by Gasteiger charge is -2.45. The Balaban J connectivity index is 2.11. The lowest BCUT2D eigenvalue weighted by atomic mass is 9.95. The van der Waals surface area contributed by atoms with Gasteiger partial charge < -0.3 is 44.8 Å². The first kappa shape index (κ1) is 18.9. The summed E-state index contributed by atoms with van der Waals surface area (Å²) in [5.41, 5.74) is 0. The molecule has 23 heavy (non-hydrogen) atoms. The molecule has 0 bridgehead atoms. The summed E-state index contributed by atoms with van der Waals surface area (Å²) in [5, 5.41) is 58.2. The molecule has 2 rings (SSSR count). The number of alkyl halides is 1. The standard InChI is InChI=1S/C13H23FO9/c1-4-7(16)10(19)12(5(2-14)21-4)23-13-11(20)9(18)8(17)6(3-15)22-13/h4-13,15-20H,2-3H2,1H3/t4?,5?,6?,7-,8-,9-,10+,11?,12-,13+/m1/s1/i14-1. The SMILES string of the molecule is CC1OC(C[18F])[C@@H](O[C@@H]2OC(CO)[C@@H](O)[C@@H](O)C2O)[C@@H](O)[C@@H]1O. The van der Waals surface area contributed by atoms with E-state index in [-0.39, 0.29) is 0 Å². The Morgan fingerprint density at radius 1 is 0.870 bits per heavy atom. The van der Waals surface area contributed by atoms with Crippen molar-refractivity contribution < 1.29 is 49.2 Å². The molecule has 2 aliphatic rings. The van der Waals surface area contributed by atoms with E-state index in [1.54, 1.807) is 0 Å². The maximum Gasteiger partial charge on any atom is 0.187 e. The van der Waals surface area contributed by atoms with E-state index in [1.165, 1.54) is 6.92 Å². The summed E-state index contributed by atoms with van der Waals surface area (Å²) in [5.74, 6) is 0. The van der Waals surface area contributed by atoms with Crippen molar-refractivity contribution in [3.63, 3.8) is 0 Å². The van der Waals surface area contributed by atoms with Crippen molar-refractivity contribution in [2.24, 2.45) is 0 Å². The first-order valence-electron chi connectivity index (χ1n) is 7.35. The van der Waals surface area contributed by atoms with Crippen molar-refractivity contribution in [3.8, 4) is 0 Å². The van der Waals surface area contributed by atoms with Gasteiger partial charge in [-0.25, -0.2) is 4.39 Å². The van der Waals surface area contributed by atoms with Gasteiger partial charge in [0.1, 0.15) is 55.5 Å². The minimum absolute atomic E-state index is 0.652. The van der Waals surface area contributed by atoms with Crippen LogP contribution in [0.1, 0.15) is 6.92 Å². The lowest BCUT2D eigenvalue weighted by molar-refractivity contribution is -0.340. The third-order valence-electron chi connectivity index (χ3n) is 4.22. The Morgan fingerprint density at radius 2 is 1.52 bits per heavy atom. The van der Waals surface area contributed by atoms with Crippen molar-refractivity contribution in [1.29, 1.82) is 0 Å². The number of ether oxygens (including phenoxy) is 3. The Kier molecular flexibility index (Phi) is 6.28. The van der Waals surface area contributed by atoms with Crippen LogP contribution in [0.3, 0.4) is 0 Å². The maximum atomic E-state index is 13.1. The van der Waals surface area contributed by atoms with Crippen LogP contribution in [0, 0.1) is 0 Å². The molecule has 10 heteroatoms. The maximum absolute atomic E-state index is 13.1. The van der Waals surface area contributed by atoms with Crippen LogP contribution in [0.25, 0.3) is 0 Å². The van der Waals surface area contributed by atoms with Gasteiger partial charge in [0.2, 0.25) is 0 Å². The van der Waals surface area contributed by atoms with E-state index in [0.717, 1.165) is 0 Å². The molecule has 0 aromatic heterocycles. The zero-order valence-electron chi connectivity index (χ0n) is 12.5. The fourth-order valence-corrected chi connectivity index (χ4v) is 2.75. The number of halogens is 1. The molecule has 0 radical (unpaired) electrons. The molecular weight excluding hydrogens is 318 g/mol. The molecule has 0 amide bonds. The number of rotatable bonds is 4. The second-order valence-corrected chi connectivity index (χ2v) is 5.81. The van der Waals surface area contributed by atoms with E-state index in [1.807, 2.05) is 0 Å². The van der Waals surface area contributed by atoms with E-state index in [2.05, 4.69) is 0 Å². The average molecular weight is 341 g/mol. The van der Waals surface area contributed by atoms with Gasteiger partial charge in [-0.3, -0.25) is 0 Å². The Labute approximate surface area is 131 Å². The Morgan fingerprint density at radius 3 is 2.09 bits per heavy atom. The fourth-order valence-electron chi connectivity index (χ4n) is 2.75. The molecule has 2 aliphatic heterocycles. The number of hydrogen-bond donors (Lipinski definition) is 6. The first-order valence-corrected chi connectivity index (χ1v) is 7.35. The smallest absolute Gasteiger partial charge is 0.187 e. The van der Waals surface area contributed by atoms with Gasteiger partial charge in [-0.2, -0.15) is 0 Å². The van der Waals surface area contributed by atoms with Gasteiger partial charge in [-0.15, -0.1) is 0 Å². The number of aliphatic hydroxyl groups is 6. The van der Waals surface area contributed by atoms with Crippen LogP contribution in [-0.4, -0.2) is 105 Å². The largest absolute Gasteiger partial charge is 0.394 e. The minimum Gasteiger partial charge on any atom is -0.394 e. The molecule has 6 N–H and O–H groups in total. The molecule has 136 valence electrons. The molecule has 2 saturated heterocycles. The normalized spacial score (nSPS) is 51.7. The van der Waals surface area contributed by atoms with Crippen LogP contribution in [0.15, 0.2) is 0 Å². The van der Waals surface area contributed by atoms with Crippen molar-refractivity contribution in [2.75, 3.05) is 13.3 Å². The van der Waals surface area contributed by atoms with E-state index in [0.29, 0.717) is 0 Å². The van der Waals surface area contributed by atoms with E-state index >= 15 is 0 Å². The molecule has 2 fully saturated rings. The van der Waals surface area contributed by atoms with Crippen LogP contribution in [0.2, 0.25) is 0 Å². The van der Waals surface area contributed by atoms with E-state index < -0.39 is 74.5 Å². The van der Waals surface area contributed by atoms with Gasteiger partial charge in [-0.1, -0.05) is 0 Å². The highest BCUT2D eigenvalue weighted by molar-refractivity contribution is 4.94. The molecule has 2 heterocycles. The zero-order chi connectivity index (χ0) is 17.3. The Hall–Kier alpha value is -0.430. The number of hydrogen-bond acceptors (Lipinski definition) is 9. The van der Waals surface area contributed by atoms with Gasteiger partial charge in [-0.05, 0) is 6.92 Å². The molecule has 4 unspecified atom stereocenters. The summed E-state index contributed by atoms with van der Waals surface area (Å²) in [7, 11) is 0. The summed E-state index contributed by atoms with van der Waals surface area (Å²) in [6.45, 7) is -0.211. The van der Waals surface area contributed by atoms with Crippen LogP contribution < -0.4 is 0 Å². The zero-order valence-corrected chi connectivity index (χ0v) is 12.5. The number of aliphatic hydroxyl groups excluding tert-OH is 6. The second-order valence-electron chi connectivity index (χ2n) is 5.81. The molecule has 0 spiro atoms. The summed E-state index contributed by atoms with van der Waals surface area (Å²) in [6, 6.07) is 0. The molecule has 0 aliphatic carbocycles.